The summed E-state index contributed by atoms with van der Waals surface area (Å²) in [6.07, 6.45) is 8.33. The Bertz CT molecular complexity index is 705. The van der Waals surface area contributed by atoms with Gasteiger partial charge in [0.05, 0.1) is 6.61 Å². The van der Waals surface area contributed by atoms with Gasteiger partial charge < -0.3 is 10.2 Å². The van der Waals surface area contributed by atoms with Gasteiger partial charge in [-0.1, -0.05) is 31.1 Å². The molecule has 0 bridgehead atoms. The molecule has 0 aromatic carbocycles. The van der Waals surface area contributed by atoms with Crippen molar-refractivity contribution in [1.82, 2.24) is 0 Å². The summed E-state index contributed by atoms with van der Waals surface area (Å²) in [5.41, 5.74) is -0.0366. The van der Waals surface area contributed by atoms with Crippen LogP contribution in [0, 0.1) is 22.7 Å². The van der Waals surface area contributed by atoms with Gasteiger partial charge >= 0.3 is 0 Å². The maximum Gasteiger partial charge on any atom is 0.166 e. The average Bonchev–Trinajstić information content (AvgIpc) is 2.87. The van der Waals surface area contributed by atoms with Crippen molar-refractivity contribution in [2.45, 2.75) is 64.4 Å². The van der Waals surface area contributed by atoms with Crippen LogP contribution < -0.4 is 0 Å². The second kappa shape index (κ2) is 5.37. The van der Waals surface area contributed by atoms with Crippen LogP contribution >= 0.6 is 0 Å². The van der Waals surface area contributed by atoms with Gasteiger partial charge in [-0.3, -0.25) is 9.59 Å². The van der Waals surface area contributed by atoms with Crippen LogP contribution in [0.25, 0.3) is 0 Å². The molecule has 0 heterocycles. The zero-order chi connectivity index (χ0) is 18.0. The number of ketones is 2. The van der Waals surface area contributed by atoms with E-state index in [9.17, 15) is 19.8 Å². The van der Waals surface area contributed by atoms with E-state index >= 15 is 0 Å². The van der Waals surface area contributed by atoms with Crippen molar-refractivity contribution in [1.29, 1.82) is 0 Å². The Balaban J connectivity index is 1.81. The Labute approximate surface area is 149 Å². The van der Waals surface area contributed by atoms with Crippen LogP contribution in [-0.4, -0.2) is 34.0 Å². The Morgan fingerprint density at radius 3 is 2.60 bits per heavy atom. The molecule has 4 aliphatic carbocycles. The van der Waals surface area contributed by atoms with Crippen LogP contribution in [0.1, 0.15) is 58.8 Å². The Hall–Kier alpha value is -1.26. The smallest absolute Gasteiger partial charge is 0.166 e. The predicted octanol–water partition coefficient (Wildman–Crippen LogP) is 2.73. The lowest BCUT2D eigenvalue weighted by Crippen LogP contribution is -2.67. The molecule has 0 spiro atoms. The Morgan fingerprint density at radius 1 is 1.16 bits per heavy atom. The molecule has 0 unspecified atom stereocenters. The number of allylic oxidation sites excluding steroid dienone is 1. The third kappa shape index (κ3) is 2.01. The number of rotatable bonds is 1. The number of aliphatic hydroxyl groups excluding tert-OH is 1. The summed E-state index contributed by atoms with van der Waals surface area (Å²) in [4.78, 5) is 25.2. The van der Waals surface area contributed by atoms with Crippen molar-refractivity contribution in [3.05, 3.63) is 23.3 Å². The number of carbonyl (C=O) groups is 2. The molecule has 0 radical (unpaired) electrons. The summed E-state index contributed by atoms with van der Waals surface area (Å²) < 4.78 is 0. The van der Waals surface area contributed by atoms with E-state index in [-0.39, 0.29) is 35.4 Å². The molecular formula is C21H28O4. The van der Waals surface area contributed by atoms with E-state index in [0.29, 0.717) is 19.3 Å². The molecule has 3 fully saturated rings. The largest absolute Gasteiger partial charge is 0.392 e. The number of hydrogen-bond acceptors (Lipinski definition) is 4. The van der Waals surface area contributed by atoms with Crippen molar-refractivity contribution in [3.8, 4) is 0 Å². The molecule has 4 heteroatoms. The molecule has 136 valence electrons. The van der Waals surface area contributed by atoms with Crippen molar-refractivity contribution >= 4 is 11.6 Å². The number of Topliss-reactive ketones (excluding diaryl/α,β-unsaturated/α-hetero) is 1. The van der Waals surface area contributed by atoms with Crippen LogP contribution in [0.4, 0.5) is 0 Å². The molecule has 3 saturated carbocycles. The molecule has 0 amide bonds. The molecule has 25 heavy (non-hydrogen) atoms. The normalized spacial score (nSPS) is 48.0. The maximum absolute atomic E-state index is 13.3. The lowest BCUT2D eigenvalue weighted by molar-refractivity contribution is -0.191. The van der Waals surface area contributed by atoms with Crippen molar-refractivity contribution in [3.63, 3.8) is 0 Å². The number of aliphatic hydroxyl groups is 2. The lowest BCUT2D eigenvalue weighted by Gasteiger charge is -2.61. The van der Waals surface area contributed by atoms with Crippen LogP contribution in [0.2, 0.25) is 0 Å². The zero-order valence-corrected chi connectivity index (χ0v) is 15.2. The first-order valence-corrected chi connectivity index (χ1v) is 9.57. The van der Waals surface area contributed by atoms with E-state index < -0.39 is 11.0 Å². The van der Waals surface area contributed by atoms with E-state index in [2.05, 4.69) is 6.92 Å². The molecule has 4 rings (SSSR count). The zero-order valence-electron chi connectivity index (χ0n) is 15.2. The molecule has 4 nitrogen and oxygen atoms in total. The molecule has 4 aliphatic rings. The third-order valence-electron chi connectivity index (χ3n) is 8.07. The summed E-state index contributed by atoms with van der Waals surface area (Å²) in [6, 6.07) is 0. The highest BCUT2D eigenvalue weighted by molar-refractivity contribution is 5.95. The van der Waals surface area contributed by atoms with Gasteiger partial charge in [0.1, 0.15) is 5.60 Å². The highest BCUT2D eigenvalue weighted by Crippen LogP contribution is 2.66. The van der Waals surface area contributed by atoms with Crippen molar-refractivity contribution in [2.75, 3.05) is 6.61 Å². The minimum absolute atomic E-state index is 0.00742. The van der Waals surface area contributed by atoms with Crippen molar-refractivity contribution in [2.24, 2.45) is 22.7 Å². The first kappa shape index (κ1) is 17.2. The van der Waals surface area contributed by atoms with Crippen LogP contribution in [0.5, 0.6) is 0 Å². The maximum atomic E-state index is 13.3. The Morgan fingerprint density at radius 2 is 1.88 bits per heavy atom. The molecule has 0 aromatic heterocycles. The monoisotopic (exact) mass is 344 g/mol. The highest BCUT2D eigenvalue weighted by atomic mass is 16.3. The van der Waals surface area contributed by atoms with Gasteiger partial charge in [0.2, 0.25) is 0 Å². The average molecular weight is 344 g/mol. The fourth-order valence-corrected chi connectivity index (χ4v) is 6.64. The summed E-state index contributed by atoms with van der Waals surface area (Å²) in [6.45, 7) is 4.15. The lowest BCUT2D eigenvalue weighted by atomic mass is 9.44. The quantitative estimate of drug-likeness (QED) is 0.717. The minimum atomic E-state index is -1.35. The summed E-state index contributed by atoms with van der Waals surface area (Å²) in [5.74, 6) is 0.267. The molecule has 2 N–H and O–H groups in total. The highest BCUT2D eigenvalue weighted by Gasteiger charge is 2.68. The molecular weight excluding hydrogens is 316 g/mol. The van der Waals surface area contributed by atoms with Crippen molar-refractivity contribution < 1.29 is 19.8 Å². The van der Waals surface area contributed by atoms with Gasteiger partial charge in [0.15, 0.2) is 11.6 Å². The fourth-order valence-electron chi connectivity index (χ4n) is 6.64. The summed E-state index contributed by atoms with van der Waals surface area (Å²) >= 11 is 0. The summed E-state index contributed by atoms with van der Waals surface area (Å²) in [5, 5.41) is 21.2. The van der Waals surface area contributed by atoms with Gasteiger partial charge in [-0.2, -0.15) is 0 Å². The third-order valence-corrected chi connectivity index (χ3v) is 8.07. The van der Waals surface area contributed by atoms with E-state index in [4.69, 9.17) is 0 Å². The molecule has 0 aromatic rings. The first-order valence-electron chi connectivity index (χ1n) is 9.57. The second-order valence-corrected chi connectivity index (χ2v) is 8.95. The van der Waals surface area contributed by atoms with Gasteiger partial charge in [-0.15, -0.1) is 0 Å². The molecule has 5 atom stereocenters. The van der Waals surface area contributed by atoms with E-state index in [1.807, 2.05) is 13.0 Å². The van der Waals surface area contributed by atoms with E-state index in [0.717, 1.165) is 31.3 Å². The molecule has 0 aliphatic heterocycles. The standard InChI is InChI=1S/C21H28O4/c1-19-12-18(24)21(25)17(16(19)5-3-13(19)8-10-22)6-4-14-11-15(23)7-9-20(14,21)2/h8,11,16-17,22,25H,3-7,9-10,12H2,1-2H3/b13-8+/t16-,17-,19+,20-,21-/m0/s1. The van der Waals surface area contributed by atoms with Crippen LogP contribution in [-0.2, 0) is 9.59 Å². The number of fused-ring (bicyclic) bond motifs is 5. The van der Waals surface area contributed by atoms with E-state index in [1.165, 1.54) is 5.57 Å². The first-order chi connectivity index (χ1) is 11.8. The predicted molar refractivity (Wildman–Crippen MR) is 93.7 cm³/mol. The van der Waals surface area contributed by atoms with Crippen LogP contribution in [0.15, 0.2) is 23.3 Å². The topological polar surface area (TPSA) is 74.6 Å². The minimum Gasteiger partial charge on any atom is -0.392 e. The van der Waals surface area contributed by atoms with Crippen LogP contribution in [0.3, 0.4) is 0 Å². The fraction of sp³-hybridized carbons (Fsp3) is 0.714. The SMILES string of the molecule is C[C@]12CCC(=O)C=C1CC[C@H]1[C@@H]3CC/C(=C\CO)[C@@]3(C)CC(=O)[C@@]12O. The number of hydrogen-bond donors (Lipinski definition) is 2. The number of carbonyl (C=O) groups excluding carboxylic acids is 2. The second-order valence-electron chi connectivity index (χ2n) is 8.95. The summed E-state index contributed by atoms with van der Waals surface area (Å²) in [7, 11) is 0. The van der Waals surface area contributed by atoms with Gasteiger partial charge in [0, 0.05) is 18.3 Å². The van der Waals surface area contributed by atoms with E-state index in [1.54, 1.807) is 6.08 Å². The van der Waals surface area contributed by atoms with Gasteiger partial charge in [-0.25, -0.2) is 0 Å². The Kier molecular flexibility index (Phi) is 3.69. The van der Waals surface area contributed by atoms with Gasteiger partial charge in [-0.05, 0) is 55.4 Å². The molecule has 0 saturated heterocycles. The van der Waals surface area contributed by atoms with Gasteiger partial charge in [0.25, 0.3) is 0 Å².